The number of hydrogen-bond donors (Lipinski definition) is 3. The lowest BCUT2D eigenvalue weighted by molar-refractivity contribution is -0.0290. The molecular formula is C17H26N2O2. The van der Waals surface area contributed by atoms with E-state index in [1.54, 1.807) is 0 Å². The zero-order chi connectivity index (χ0) is 15.5. The van der Waals surface area contributed by atoms with Crippen molar-refractivity contribution in [2.24, 2.45) is 0 Å². The van der Waals surface area contributed by atoms with Crippen LogP contribution in [-0.4, -0.2) is 29.8 Å². The van der Waals surface area contributed by atoms with Crippen molar-refractivity contribution in [2.75, 3.05) is 13.1 Å². The maximum absolute atomic E-state index is 11.9. The second kappa shape index (κ2) is 6.06. The van der Waals surface area contributed by atoms with E-state index in [1.165, 1.54) is 11.1 Å². The van der Waals surface area contributed by atoms with Crippen LogP contribution in [0, 0.1) is 6.92 Å². The van der Waals surface area contributed by atoms with Crippen LogP contribution in [0.15, 0.2) is 24.3 Å². The van der Waals surface area contributed by atoms with Gasteiger partial charge < -0.3 is 15.7 Å². The minimum Gasteiger partial charge on any atom is -0.388 e. The minimum atomic E-state index is -0.678. The average molecular weight is 290 g/mol. The van der Waals surface area contributed by atoms with E-state index in [1.807, 2.05) is 12.1 Å². The summed E-state index contributed by atoms with van der Waals surface area (Å²) in [5.41, 5.74) is 1.66. The third-order valence-corrected chi connectivity index (χ3v) is 4.43. The van der Waals surface area contributed by atoms with Crippen molar-refractivity contribution in [3.05, 3.63) is 35.4 Å². The van der Waals surface area contributed by atoms with Crippen LogP contribution in [0.2, 0.25) is 0 Å². The summed E-state index contributed by atoms with van der Waals surface area (Å²) in [6.07, 6.45) is 2.60. The first-order chi connectivity index (χ1) is 9.82. The molecule has 1 aromatic rings. The molecule has 0 spiro atoms. The number of carbonyl (C=O) groups excluding carboxylic acids is 1. The predicted octanol–water partition coefficient (Wildman–Crippen LogP) is 2.49. The van der Waals surface area contributed by atoms with Crippen LogP contribution >= 0.6 is 0 Å². The smallest absolute Gasteiger partial charge is 0.314 e. The number of aryl methyl sites for hydroxylation is 1. The van der Waals surface area contributed by atoms with Gasteiger partial charge in [-0.15, -0.1) is 0 Å². The van der Waals surface area contributed by atoms with E-state index in [0.29, 0.717) is 13.1 Å². The van der Waals surface area contributed by atoms with Crippen LogP contribution in [0.4, 0.5) is 4.79 Å². The van der Waals surface area contributed by atoms with Crippen molar-refractivity contribution in [2.45, 2.75) is 51.0 Å². The SMILES string of the molecule is Cc1ccccc1C(C)(C)CNC(=O)NCC1(O)CCC1. The van der Waals surface area contributed by atoms with Crippen molar-refractivity contribution >= 4 is 6.03 Å². The van der Waals surface area contributed by atoms with E-state index >= 15 is 0 Å². The van der Waals surface area contributed by atoms with Crippen LogP contribution in [0.3, 0.4) is 0 Å². The summed E-state index contributed by atoms with van der Waals surface area (Å²) in [5, 5.41) is 15.6. The lowest BCUT2D eigenvalue weighted by atomic mass is 9.80. The Hall–Kier alpha value is -1.55. The molecule has 0 atom stereocenters. The predicted molar refractivity (Wildman–Crippen MR) is 84.4 cm³/mol. The number of urea groups is 1. The highest BCUT2D eigenvalue weighted by molar-refractivity contribution is 5.74. The van der Waals surface area contributed by atoms with Crippen LogP contribution in [-0.2, 0) is 5.41 Å². The van der Waals surface area contributed by atoms with Gasteiger partial charge in [-0.1, -0.05) is 38.1 Å². The lowest BCUT2D eigenvalue weighted by Crippen LogP contribution is -2.51. The van der Waals surface area contributed by atoms with E-state index in [9.17, 15) is 9.90 Å². The maximum Gasteiger partial charge on any atom is 0.314 e. The Labute approximate surface area is 126 Å². The molecule has 2 rings (SSSR count). The van der Waals surface area contributed by atoms with Gasteiger partial charge in [0.2, 0.25) is 0 Å². The number of nitrogens with one attached hydrogen (secondary N) is 2. The quantitative estimate of drug-likeness (QED) is 0.780. The van der Waals surface area contributed by atoms with Gasteiger partial charge in [0, 0.05) is 18.5 Å². The molecule has 1 aliphatic carbocycles. The molecule has 0 saturated heterocycles. The molecule has 4 heteroatoms. The highest BCUT2D eigenvalue weighted by Crippen LogP contribution is 2.30. The van der Waals surface area contributed by atoms with Crippen molar-refractivity contribution in [1.82, 2.24) is 10.6 Å². The Bertz CT molecular complexity index is 507. The number of aliphatic hydroxyl groups is 1. The Morgan fingerprint density at radius 1 is 1.29 bits per heavy atom. The molecule has 21 heavy (non-hydrogen) atoms. The Morgan fingerprint density at radius 2 is 1.95 bits per heavy atom. The van der Waals surface area contributed by atoms with Crippen molar-refractivity contribution in [1.29, 1.82) is 0 Å². The molecule has 116 valence electrons. The van der Waals surface area contributed by atoms with Gasteiger partial charge in [0.1, 0.15) is 0 Å². The second-order valence-electron chi connectivity index (χ2n) is 6.81. The summed E-state index contributed by atoms with van der Waals surface area (Å²) >= 11 is 0. The first-order valence-electron chi connectivity index (χ1n) is 7.63. The molecule has 0 bridgehead atoms. The normalized spacial score (nSPS) is 17.0. The van der Waals surface area contributed by atoms with Gasteiger partial charge in [-0.3, -0.25) is 0 Å². The topological polar surface area (TPSA) is 61.4 Å². The monoisotopic (exact) mass is 290 g/mol. The van der Waals surface area contributed by atoms with Crippen LogP contribution in [0.25, 0.3) is 0 Å². The van der Waals surface area contributed by atoms with Crippen molar-refractivity contribution in [3.8, 4) is 0 Å². The highest BCUT2D eigenvalue weighted by atomic mass is 16.3. The van der Waals surface area contributed by atoms with Gasteiger partial charge in [-0.2, -0.15) is 0 Å². The van der Waals surface area contributed by atoms with Gasteiger partial charge in [0.25, 0.3) is 0 Å². The number of hydrogen-bond acceptors (Lipinski definition) is 2. The van der Waals surface area contributed by atoms with Crippen LogP contribution < -0.4 is 10.6 Å². The fourth-order valence-corrected chi connectivity index (χ4v) is 2.80. The number of carbonyl (C=O) groups is 1. The Balaban J connectivity index is 1.83. The maximum atomic E-state index is 11.9. The standard InChI is InChI=1S/C17H26N2O2/c1-13-7-4-5-8-14(13)16(2,3)11-18-15(20)19-12-17(21)9-6-10-17/h4-5,7-8,21H,6,9-12H2,1-3H3,(H2,18,19,20). The van der Waals surface area contributed by atoms with Gasteiger partial charge >= 0.3 is 6.03 Å². The minimum absolute atomic E-state index is 0.129. The van der Waals surface area contributed by atoms with E-state index in [4.69, 9.17) is 0 Å². The molecule has 3 N–H and O–H groups in total. The molecule has 1 saturated carbocycles. The second-order valence-corrected chi connectivity index (χ2v) is 6.81. The van der Waals surface area contributed by atoms with Gasteiger partial charge in [-0.25, -0.2) is 4.79 Å². The number of benzene rings is 1. The molecule has 0 radical (unpaired) electrons. The highest BCUT2D eigenvalue weighted by Gasteiger charge is 2.34. The zero-order valence-electron chi connectivity index (χ0n) is 13.2. The molecular weight excluding hydrogens is 264 g/mol. The van der Waals surface area contributed by atoms with Gasteiger partial charge in [-0.05, 0) is 37.3 Å². The van der Waals surface area contributed by atoms with Crippen LogP contribution in [0.5, 0.6) is 0 Å². The fraction of sp³-hybridized carbons (Fsp3) is 0.588. The molecule has 1 aromatic carbocycles. The van der Waals surface area contributed by atoms with E-state index in [2.05, 4.69) is 43.5 Å². The Morgan fingerprint density at radius 3 is 2.52 bits per heavy atom. The lowest BCUT2D eigenvalue weighted by Gasteiger charge is -2.36. The van der Waals surface area contributed by atoms with Gasteiger partial charge in [0.15, 0.2) is 0 Å². The first-order valence-corrected chi connectivity index (χ1v) is 7.63. The fourth-order valence-electron chi connectivity index (χ4n) is 2.80. The number of amides is 2. The average Bonchev–Trinajstić information content (AvgIpc) is 2.41. The molecule has 0 unspecified atom stereocenters. The third kappa shape index (κ3) is 3.97. The molecule has 1 aliphatic rings. The van der Waals surface area contributed by atoms with E-state index in [0.717, 1.165) is 19.3 Å². The Kier molecular flexibility index (Phi) is 4.57. The summed E-state index contributed by atoms with van der Waals surface area (Å²) in [5.74, 6) is 0. The van der Waals surface area contributed by atoms with Crippen molar-refractivity contribution < 1.29 is 9.90 Å². The largest absolute Gasteiger partial charge is 0.388 e. The molecule has 0 aliphatic heterocycles. The summed E-state index contributed by atoms with van der Waals surface area (Å²) in [6, 6.07) is 8.02. The molecule has 0 aromatic heterocycles. The molecule has 4 nitrogen and oxygen atoms in total. The molecule has 1 fully saturated rings. The summed E-state index contributed by atoms with van der Waals surface area (Å²) in [4.78, 5) is 11.9. The van der Waals surface area contributed by atoms with Crippen molar-refractivity contribution in [3.63, 3.8) is 0 Å². The molecule has 0 heterocycles. The van der Waals surface area contributed by atoms with E-state index < -0.39 is 5.60 Å². The molecule has 2 amide bonds. The third-order valence-electron chi connectivity index (χ3n) is 4.43. The summed E-state index contributed by atoms with van der Waals surface area (Å²) in [6.45, 7) is 7.22. The zero-order valence-corrected chi connectivity index (χ0v) is 13.2. The van der Waals surface area contributed by atoms with Gasteiger partial charge in [0.05, 0.1) is 5.60 Å². The summed E-state index contributed by atoms with van der Waals surface area (Å²) in [7, 11) is 0. The number of rotatable bonds is 5. The van der Waals surface area contributed by atoms with Crippen LogP contribution in [0.1, 0.15) is 44.2 Å². The summed E-state index contributed by atoms with van der Waals surface area (Å²) < 4.78 is 0. The first kappa shape index (κ1) is 15.8. The van der Waals surface area contributed by atoms with E-state index in [-0.39, 0.29) is 11.4 Å².